The van der Waals surface area contributed by atoms with Gasteiger partial charge in [-0.25, -0.2) is 0 Å². The van der Waals surface area contributed by atoms with Crippen LogP contribution in [0.5, 0.6) is 5.75 Å². The van der Waals surface area contributed by atoms with Crippen LogP contribution in [0.1, 0.15) is 18.9 Å². The van der Waals surface area contributed by atoms with E-state index < -0.39 is 6.10 Å². The minimum absolute atomic E-state index is 0.251. The molecule has 0 spiro atoms. The van der Waals surface area contributed by atoms with Crippen molar-refractivity contribution < 1.29 is 9.84 Å². The van der Waals surface area contributed by atoms with Crippen LogP contribution < -0.4 is 4.74 Å². The summed E-state index contributed by atoms with van der Waals surface area (Å²) >= 11 is 3.22. The van der Waals surface area contributed by atoms with E-state index in [2.05, 4.69) is 38.3 Å². The Morgan fingerprint density at radius 1 is 1.10 bits per heavy atom. The quantitative estimate of drug-likeness (QED) is 0.403. The number of aliphatic hydroxyl groups excluding tert-OH is 1. The summed E-state index contributed by atoms with van der Waals surface area (Å²) in [5.74, 6) is 2.23. The first kappa shape index (κ1) is 18.7. The molecule has 2 aromatic heterocycles. The number of hydrogen-bond donors (Lipinski definition) is 1. The normalized spacial score (nSPS) is 14.9. The summed E-state index contributed by atoms with van der Waals surface area (Å²) in [5.41, 5.74) is 0. The topological polar surface area (TPSA) is 60.2 Å². The highest BCUT2D eigenvalue weighted by molar-refractivity contribution is 7.99. The number of nitrogens with zero attached hydrogens (tertiary/aromatic N) is 3. The summed E-state index contributed by atoms with van der Waals surface area (Å²) in [7, 11) is 0. The molecule has 1 N–H and O–H groups in total. The predicted octanol–water partition coefficient (Wildman–Crippen LogP) is 5.03. The summed E-state index contributed by atoms with van der Waals surface area (Å²) in [6.45, 7) is 0.251. The highest BCUT2D eigenvalue weighted by Gasteiger charge is 2.30. The number of aromatic nitrogens is 3. The van der Waals surface area contributed by atoms with Gasteiger partial charge in [0.05, 0.1) is 11.0 Å². The maximum Gasteiger partial charge on any atom is 0.191 e. The summed E-state index contributed by atoms with van der Waals surface area (Å²) in [5, 5.41) is 24.5. The molecule has 1 fully saturated rings. The zero-order valence-electron chi connectivity index (χ0n) is 15.8. The molecule has 5 rings (SSSR count). The average molecular weight is 424 g/mol. The second-order valence-corrected chi connectivity index (χ2v) is 9.10. The van der Waals surface area contributed by atoms with Crippen LogP contribution in [0.2, 0.25) is 0 Å². The molecule has 5 nitrogen and oxygen atoms in total. The van der Waals surface area contributed by atoms with Gasteiger partial charge >= 0.3 is 0 Å². The molecular weight excluding hydrogens is 402 g/mol. The largest absolute Gasteiger partial charge is 0.491 e. The molecule has 0 saturated heterocycles. The third kappa shape index (κ3) is 4.17. The van der Waals surface area contributed by atoms with Gasteiger partial charge in [0.2, 0.25) is 0 Å². The predicted molar refractivity (Wildman–Crippen MR) is 118 cm³/mol. The van der Waals surface area contributed by atoms with Crippen LogP contribution in [0.4, 0.5) is 0 Å². The Morgan fingerprint density at radius 2 is 1.97 bits per heavy atom. The SMILES string of the molecule is OC(COc1ccc2ccccc2c1)CSc1nnc(-c2cccs2)n1C1CC1. The van der Waals surface area contributed by atoms with Gasteiger partial charge < -0.3 is 9.84 Å². The van der Waals surface area contributed by atoms with Crippen LogP contribution in [-0.2, 0) is 0 Å². The Morgan fingerprint density at radius 3 is 2.76 bits per heavy atom. The van der Waals surface area contributed by atoms with E-state index in [-0.39, 0.29) is 6.61 Å². The van der Waals surface area contributed by atoms with Crippen LogP contribution in [0.3, 0.4) is 0 Å². The van der Waals surface area contributed by atoms with Gasteiger partial charge in [0.25, 0.3) is 0 Å². The van der Waals surface area contributed by atoms with Gasteiger partial charge in [-0.05, 0) is 47.2 Å². The van der Waals surface area contributed by atoms with Gasteiger partial charge in [-0.15, -0.1) is 21.5 Å². The molecule has 0 aliphatic heterocycles. The Bertz CT molecular complexity index is 1110. The van der Waals surface area contributed by atoms with Crippen LogP contribution >= 0.6 is 23.1 Å². The lowest BCUT2D eigenvalue weighted by atomic mass is 10.1. The van der Waals surface area contributed by atoms with E-state index in [9.17, 15) is 5.11 Å². The van der Waals surface area contributed by atoms with Gasteiger partial charge in [0, 0.05) is 11.8 Å². The Labute approximate surface area is 177 Å². The maximum absolute atomic E-state index is 10.4. The number of thiophene rings is 1. The first-order valence-electron chi connectivity index (χ1n) is 9.69. The van der Waals surface area contributed by atoms with Crippen molar-refractivity contribution in [2.75, 3.05) is 12.4 Å². The lowest BCUT2D eigenvalue weighted by Crippen LogP contribution is -2.20. The van der Waals surface area contributed by atoms with E-state index in [1.807, 2.05) is 36.4 Å². The fourth-order valence-corrected chi connectivity index (χ4v) is 4.90. The van der Waals surface area contributed by atoms with E-state index in [0.717, 1.165) is 39.8 Å². The molecule has 1 aliphatic rings. The van der Waals surface area contributed by atoms with Crippen molar-refractivity contribution in [3.05, 3.63) is 60.0 Å². The highest BCUT2D eigenvalue weighted by Crippen LogP contribution is 2.41. The number of fused-ring (bicyclic) bond motifs is 1. The lowest BCUT2D eigenvalue weighted by molar-refractivity contribution is 0.126. The third-order valence-corrected chi connectivity index (χ3v) is 6.84. The molecule has 0 amide bonds. The maximum atomic E-state index is 10.4. The van der Waals surface area contributed by atoms with Crippen molar-refractivity contribution in [2.24, 2.45) is 0 Å². The molecule has 0 bridgehead atoms. The lowest BCUT2D eigenvalue weighted by Gasteiger charge is -2.13. The van der Waals surface area contributed by atoms with E-state index >= 15 is 0 Å². The summed E-state index contributed by atoms with van der Waals surface area (Å²) in [6.07, 6.45) is 1.75. The monoisotopic (exact) mass is 423 g/mol. The number of aliphatic hydroxyl groups is 1. The second kappa shape index (κ2) is 8.18. The van der Waals surface area contributed by atoms with Crippen molar-refractivity contribution in [1.29, 1.82) is 0 Å². The van der Waals surface area contributed by atoms with Crippen molar-refractivity contribution >= 4 is 33.9 Å². The van der Waals surface area contributed by atoms with Gasteiger partial charge in [-0.2, -0.15) is 0 Å². The van der Waals surface area contributed by atoms with Crippen LogP contribution in [0.15, 0.2) is 65.1 Å². The smallest absolute Gasteiger partial charge is 0.191 e. The average Bonchev–Trinajstić information content (AvgIpc) is 3.26. The Kier molecular flexibility index (Phi) is 5.26. The van der Waals surface area contributed by atoms with E-state index in [0.29, 0.717) is 11.8 Å². The zero-order valence-corrected chi connectivity index (χ0v) is 17.4. The minimum atomic E-state index is -0.582. The number of ether oxygens (including phenoxy) is 1. The number of benzene rings is 2. The molecule has 2 aromatic carbocycles. The number of thioether (sulfide) groups is 1. The molecule has 7 heteroatoms. The van der Waals surface area contributed by atoms with Crippen molar-refractivity contribution in [3.8, 4) is 16.5 Å². The number of hydrogen-bond acceptors (Lipinski definition) is 6. The molecule has 148 valence electrons. The number of rotatable bonds is 8. The fourth-order valence-electron chi connectivity index (χ4n) is 3.28. The fraction of sp³-hybridized carbons (Fsp3) is 0.273. The van der Waals surface area contributed by atoms with Crippen molar-refractivity contribution in [2.45, 2.75) is 30.1 Å². The standard InChI is InChI=1S/C22H21N3O2S2/c26-18(13-27-19-10-7-15-4-1-2-5-16(15)12-19)14-29-22-24-23-21(20-6-3-11-28-20)25(22)17-8-9-17/h1-7,10-12,17-18,26H,8-9,13-14H2. The second-order valence-electron chi connectivity index (χ2n) is 7.17. The van der Waals surface area contributed by atoms with Gasteiger partial charge in [-0.3, -0.25) is 4.57 Å². The highest BCUT2D eigenvalue weighted by atomic mass is 32.2. The molecule has 1 saturated carbocycles. The first-order valence-corrected chi connectivity index (χ1v) is 11.6. The molecule has 0 radical (unpaired) electrons. The first-order chi connectivity index (χ1) is 14.3. The van der Waals surface area contributed by atoms with Gasteiger partial charge in [0.1, 0.15) is 12.4 Å². The third-order valence-electron chi connectivity index (χ3n) is 4.89. The van der Waals surface area contributed by atoms with Crippen molar-refractivity contribution in [3.63, 3.8) is 0 Å². The van der Waals surface area contributed by atoms with E-state index in [1.165, 1.54) is 5.39 Å². The van der Waals surface area contributed by atoms with E-state index in [4.69, 9.17) is 4.74 Å². The summed E-state index contributed by atoms with van der Waals surface area (Å²) in [4.78, 5) is 1.14. The minimum Gasteiger partial charge on any atom is -0.491 e. The van der Waals surface area contributed by atoms with Gasteiger partial charge in [-0.1, -0.05) is 48.2 Å². The van der Waals surface area contributed by atoms with Crippen LogP contribution in [0.25, 0.3) is 21.5 Å². The van der Waals surface area contributed by atoms with Crippen LogP contribution in [0, 0.1) is 0 Å². The van der Waals surface area contributed by atoms with Crippen LogP contribution in [-0.4, -0.2) is 38.3 Å². The zero-order chi connectivity index (χ0) is 19.6. The summed E-state index contributed by atoms with van der Waals surface area (Å²) < 4.78 is 8.04. The molecule has 29 heavy (non-hydrogen) atoms. The molecule has 1 unspecified atom stereocenters. The molecule has 1 atom stereocenters. The Hall–Kier alpha value is -2.35. The molecular formula is C22H21N3O2S2. The van der Waals surface area contributed by atoms with Crippen molar-refractivity contribution in [1.82, 2.24) is 14.8 Å². The van der Waals surface area contributed by atoms with E-state index in [1.54, 1.807) is 23.1 Å². The molecule has 4 aromatic rings. The summed E-state index contributed by atoms with van der Waals surface area (Å²) in [6, 6.07) is 18.7. The van der Waals surface area contributed by atoms with Gasteiger partial charge in [0.15, 0.2) is 11.0 Å². The Balaban J connectivity index is 1.21. The molecule has 2 heterocycles. The molecule has 1 aliphatic carbocycles.